The van der Waals surface area contributed by atoms with Crippen molar-refractivity contribution in [3.63, 3.8) is 0 Å². The summed E-state index contributed by atoms with van der Waals surface area (Å²) in [5, 5.41) is 20.8. The molecule has 1 saturated heterocycles. The van der Waals surface area contributed by atoms with Crippen LogP contribution in [0.3, 0.4) is 0 Å². The quantitative estimate of drug-likeness (QED) is 0.332. The van der Waals surface area contributed by atoms with Crippen molar-refractivity contribution in [2.45, 2.75) is 63.9 Å². The minimum Gasteiger partial charge on any atom is -0.633 e. The predicted molar refractivity (Wildman–Crippen MR) is 162 cm³/mol. The number of hydrogen-bond acceptors (Lipinski definition) is 6. The Morgan fingerprint density at radius 2 is 1.72 bits per heavy atom. The van der Waals surface area contributed by atoms with Crippen LogP contribution in [-0.2, 0) is 25.6 Å². The summed E-state index contributed by atoms with van der Waals surface area (Å²) in [5.74, 6) is -1.75. The maximum Gasteiger partial charge on any atom is 0.279 e. The molecule has 0 saturated carbocycles. The van der Waals surface area contributed by atoms with E-state index in [1.54, 1.807) is 32.1 Å². The van der Waals surface area contributed by atoms with Crippen molar-refractivity contribution in [1.82, 2.24) is 20.9 Å². The number of carbonyl (C=O) groups is 4. The number of fused-ring (bicyclic) bond motifs is 7. The average Bonchev–Trinajstić information content (AvgIpc) is 3.38. The van der Waals surface area contributed by atoms with E-state index in [2.05, 4.69) is 16.0 Å². The Kier molecular flexibility index (Phi) is 9.87. The molecule has 2 aromatic rings. The van der Waals surface area contributed by atoms with Crippen molar-refractivity contribution < 1.29 is 28.6 Å². The van der Waals surface area contributed by atoms with Crippen molar-refractivity contribution in [3.05, 3.63) is 77.1 Å². The summed E-state index contributed by atoms with van der Waals surface area (Å²) in [4.78, 5) is 55.7. The summed E-state index contributed by atoms with van der Waals surface area (Å²) in [7, 11) is 2.73. The van der Waals surface area contributed by atoms with Gasteiger partial charge in [0.25, 0.3) is 5.91 Å². The van der Waals surface area contributed by atoms with Gasteiger partial charge in [0.1, 0.15) is 30.0 Å². The summed E-state index contributed by atoms with van der Waals surface area (Å²) in [6, 6.07) is 12.6. The van der Waals surface area contributed by atoms with Crippen molar-refractivity contribution >= 4 is 29.7 Å². The van der Waals surface area contributed by atoms with Gasteiger partial charge in [0.15, 0.2) is 6.04 Å². The summed E-state index contributed by atoms with van der Waals surface area (Å²) < 4.78 is 5.41. The molecule has 5 atom stereocenters. The number of carbonyl (C=O) groups excluding carboxylic acids is 4. The number of hydrogen-bond donors (Lipinski definition) is 3. The van der Waals surface area contributed by atoms with Gasteiger partial charge in [-0.15, -0.1) is 0 Å². The van der Waals surface area contributed by atoms with Crippen molar-refractivity contribution in [2.75, 3.05) is 20.6 Å². The topological polar surface area (TPSA) is 140 Å². The molecule has 2 bridgehead atoms. The van der Waals surface area contributed by atoms with E-state index in [0.717, 1.165) is 11.1 Å². The van der Waals surface area contributed by atoms with Gasteiger partial charge in [-0.05, 0) is 42.2 Å². The van der Waals surface area contributed by atoms with Crippen LogP contribution in [-0.4, -0.2) is 84.1 Å². The number of hydroxylamine groups is 3. The van der Waals surface area contributed by atoms with Gasteiger partial charge in [-0.25, -0.2) is 0 Å². The molecule has 0 unspecified atom stereocenters. The molecule has 0 aliphatic carbocycles. The molecule has 0 aromatic heterocycles. The summed E-state index contributed by atoms with van der Waals surface area (Å²) in [6.07, 6.45) is 3.18. The van der Waals surface area contributed by atoms with Gasteiger partial charge in [0.05, 0.1) is 14.1 Å². The Morgan fingerprint density at radius 3 is 2.35 bits per heavy atom. The first-order valence-electron chi connectivity index (χ1n) is 14.6. The molecule has 3 N–H and O–H groups in total. The lowest BCUT2D eigenvalue weighted by molar-refractivity contribution is -0.854. The maximum atomic E-state index is 14.0. The van der Waals surface area contributed by atoms with Crippen LogP contribution >= 0.6 is 0 Å². The van der Waals surface area contributed by atoms with Gasteiger partial charge in [-0.1, -0.05) is 56.3 Å². The smallest absolute Gasteiger partial charge is 0.279 e. The first kappa shape index (κ1) is 31.7. The molecule has 3 aliphatic rings. The zero-order valence-electron chi connectivity index (χ0n) is 25.3. The number of nitrogens with one attached hydrogen (secondary N) is 3. The summed E-state index contributed by atoms with van der Waals surface area (Å²) in [6.45, 7) is 5.29. The number of nitrogens with zero attached hydrogens (tertiary/aromatic N) is 2. The molecule has 3 heterocycles. The van der Waals surface area contributed by atoms with E-state index in [1.807, 2.05) is 42.5 Å². The molecule has 0 spiro atoms. The van der Waals surface area contributed by atoms with Crippen molar-refractivity contribution in [1.29, 1.82) is 0 Å². The van der Waals surface area contributed by atoms with Crippen LogP contribution in [0.15, 0.2) is 60.8 Å². The highest BCUT2D eigenvalue weighted by molar-refractivity contribution is 5.96. The number of rotatable bonds is 7. The normalized spacial score (nSPS) is 22.9. The minimum absolute atomic E-state index is 0.203. The van der Waals surface area contributed by atoms with Crippen LogP contribution in [0.4, 0.5) is 0 Å². The largest absolute Gasteiger partial charge is 0.633 e. The Labute approximate surface area is 252 Å². The zero-order valence-corrected chi connectivity index (χ0v) is 25.3. The molecule has 230 valence electrons. The molecule has 5 rings (SSSR count). The van der Waals surface area contributed by atoms with Gasteiger partial charge >= 0.3 is 0 Å². The fourth-order valence-corrected chi connectivity index (χ4v) is 5.16. The second-order valence-electron chi connectivity index (χ2n) is 11.9. The van der Waals surface area contributed by atoms with E-state index < -0.39 is 58.5 Å². The Morgan fingerprint density at radius 1 is 1.05 bits per heavy atom. The fourth-order valence-electron chi connectivity index (χ4n) is 5.16. The highest BCUT2D eigenvalue weighted by Crippen LogP contribution is 2.27. The molecule has 11 nitrogen and oxygen atoms in total. The first-order valence-corrected chi connectivity index (χ1v) is 14.6. The third kappa shape index (κ3) is 7.79. The van der Waals surface area contributed by atoms with E-state index >= 15 is 0 Å². The molecule has 43 heavy (non-hydrogen) atoms. The zero-order chi connectivity index (χ0) is 31.3. The lowest BCUT2D eigenvalue weighted by atomic mass is 10.0. The molecule has 2 aromatic carbocycles. The van der Waals surface area contributed by atoms with E-state index in [1.165, 1.54) is 32.1 Å². The summed E-state index contributed by atoms with van der Waals surface area (Å²) >= 11 is 0. The van der Waals surface area contributed by atoms with E-state index in [-0.39, 0.29) is 18.9 Å². The minimum atomic E-state index is -1.07. The van der Waals surface area contributed by atoms with E-state index in [9.17, 15) is 24.4 Å². The first-order chi connectivity index (χ1) is 20.3. The van der Waals surface area contributed by atoms with E-state index in [0.29, 0.717) is 12.2 Å². The van der Waals surface area contributed by atoms with Gasteiger partial charge in [-0.2, -0.15) is 0 Å². The van der Waals surface area contributed by atoms with E-state index in [4.69, 9.17) is 4.74 Å². The Bertz CT molecular complexity index is 1340. The van der Waals surface area contributed by atoms with Crippen molar-refractivity contribution in [2.24, 2.45) is 5.92 Å². The molecule has 11 heteroatoms. The van der Waals surface area contributed by atoms with Gasteiger partial charge in [0, 0.05) is 25.6 Å². The number of quaternary nitrogens is 1. The van der Waals surface area contributed by atoms with Crippen molar-refractivity contribution in [3.8, 4) is 5.75 Å². The highest BCUT2D eigenvalue weighted by Gasteiger charge is 2.47. The van der Waals surface area contributed by atoms with Gasteiger partial charge in [-0.3, -0.25) is 19.2 Å². The lowest BCUT2D eigenvalue weighted by Gasteiger charge is -2.40. The van der Waals surface area contributed by atoms with Crippen LogP contribution in [0.25, 0.3) is 6.08 Å². The Hall–Kier alpha value is -4.22. The highest BCUT2D eigenvalue weighted by atomic mass is 16.5. The SMILES string of the molecule is CC(C)[C@H](NC(=O)[C@@H](C)[N+](C)(C)[O-])C(=O)N1CC[C@@H]2Oc3ccc(cc3)/C=C\NC(=O)[C@H](Cc3ccccc3)NC(=O)[C@H]21. The third-order valence-corrected chi connectivity index (χ3v) is 8.02. The van der Waals surface area contributed by atoms with Crippen LogP contribution in [0, 0.1) is 11.1 Å². The van der Waals surface area contributed by atoms with Crippen LogP contribution < -0.4 is 20.7 Å². The average molecular weight is 592 g/mol. The molecular weight excluding hydrogens is 550 g/mol. The monoisotopic (exact) mass is 591 g/mol. The lowest BCUT2D eigenvalue weighted by Crippen LogP contribution is -2.61. The molecular formula is C32H41N5O6. The maximum absolute atomic E-state index is 14.0. The predicted octanol–water partition coefficient (Wildman–Crippen LogP) is 1.97. The van der Waals surface area contributed by atoms with Crippen LogP contribution in [0.2, 0.25) is 0 Å². The molecule has 3 aliphatic heterocycles. The molecule has 4 amide bonds. The fraction of sp³-hybridized carbons (Fsp3) is 0.438. The summed E-state index contributed by atoms with van der Waals surface area (Å²) in [5.41, 5.74) is 1.70. The number of likely N-dealkylation sites (tertiary alicyclic amines) is 1. The van der Waals surface area contributed by atoms with Gasteiger partial charge in [0.2, 0.25) is 17.7 Å². The second-order valence-corrected chi connectivity index (χ2v) is 11.9. The van der Waals surface area contributed by atoms with Gasteiger partial charge < -0.3 is 35.4 Å². The van der Waals surface area contributed by atoms with Crippen LogP contribution in [0.1, 0.15) is 38.3 Å². The number of likely N-dealkylation sites (N-methyl/N-ethyl adjacent to an activating group) is 1. The number of amides is 4. The second kappa shape index (κ2) is 13.4. The Balaban J connectivity index is 1.66. The third-order valence-electron chi connectivity index (χ3n) is 8.02. The molecule has 0 radical (unpaired) electrons. The standard InChI is InChI=1S/C32H41N5O6/c1-20(2)27(35-29(38)21(3)37(4,5)42)32(41)36-18-16-26-28(36)31(40)34-25(19-23-9-7-6-8-10-23)30(39)33-17-15-22-11-13-24(43-26)14-12-22/h6-15,17,20-21,25-28H,16,18-19H2,1-5H3,(H,33,39)(H,34,40)(H,35,38)/b17-15-/t21-,25+,26+,27+,28+/m1/s1. The van der Waals surface area contributed by atoms with Crippen LogP contribution in [0.5, 0.6) is 5.75 Å². The number of ether oxygens (including phenoxy) is 1. The number of benzene rings is 2. The molecule has 1 fully saturated rings.